The first kappa shape index (κ1) is 22.2. The Labute approximate surface area is 198 Å². The third kappa shape index (κ3) is 4.69. The Bertz CT molecular complexity index is 1230. The van der Waals surface area contributed by atoms with Gasteiger partial charge in [-0.3, -0.25) is 0 Å². The summed E-state index contributed by atoms with van der Waals surface area (Å²) >= 11 is 0. The van der Waals surface area contributed by atoms with Crippen molar-refractivity contribution in [2.75, 3.05) is 18.5 Å². The number of nitrogens with one attached hydrogen (secondary N) is 2. The van der Waals surface area contributed by atoms with Crippen molar-refractivity contribution in [3.05, 3.63) is 36.2 Å². The number of hydrogen-bond donors (Lipinski definition) is 2. The molecule has 0 bridgehead atoms. The van der Waals surface area contributed by atoms with E-state index in [-0.39, 0.29) is 18.2 Å². The van der Waals surface area contributed by atoms with E-state index < -0.39 is 5.60 Å². The highest BCUT2D eigenvalue weighted by atomic mass is 16.6. The third-order valence-corrected chi connectivity index (χ3v) is 5.83. The van der Waals surface area contributed by atoms with Crippen LogP contribution in [0.2, 0.25) is 0 Å². The summed E-state index contributed by atoms with van der Waals surface area (Å²) in [4.78, 5) is 25.6. The highest BCUT2D eigenvalue weighted by Crippen LogP contribution is 2.39. The van der Waals surface area contributed by atoms with Crippen molar-refractivity contribution in [1.29, 1.82) is 0 Å². The van der Waals surface area contributed by atoms with Gasteiger partial charge in [-0.15, -0.1) is 0 Å². The van der Waals surface area contributed by atoms with Gasteiger partial charge in [-0.25, -0.2) is 19.7 Å². The normalized spacial score (nSPS) is 19.3. The number of aryl methyl sites for hydroxylation is 1. The fourth-order valence-electron chi connectivity index (χ4n) is 4.20. The molecule has 0 radical (unpaired) electrons. The summed E-state index contributed by atoms with van der Waals surface area (Å²) in [6.45, 7) is 8.55. The van der Waals surface area contributed by atoms with Gasteiger partial charge in [-0.2, -0.15) is 0 Å². The minimum atomic E-state index is -0.501. The van der Waals surface area contributed by atoms with Gasteiger partial charge in [0.2, 0.25) is 5.95 Å². The van der Waals surface area contributed by atoms with Crippen molar-refractivity contribution < 1.29 is 19.0 Å². The van der Waals surface area contributed by atoms with Crippen molar-refractivity contribution in [1.82, 2.24) is 20.3 Å². The Hall–Kier alpha value is -3.62. The Morgan fingerprint density at radius 1 is 1.09 bits per heavy atom. The average molecular weight is 464 g/mol. The number of fused-ring (bicyclic) bond motifs is 2. The number of amides is 1. The second-order valence-electron chi connectivity index (χ2n) is 9.71. The summed E-state index contributed by atoms with van der Waals surface area (Å²) in [6.07, 6.45) is 2.95. The van der Waals surface area contributed by atoms with E-state index in [1.807, 2.05) is 45.9 Å². The van der Waals surface area contributed by atoms with Crippen LogP contribution >= 0.6 is 0 Å². The average Bonchev–Trinajstić information content (AvgIpc) is 2.76. The van der Waals surface area contributed by atoms with E-state index in [1.165, 1.54) is 0 Å². The lowest BCUT2D eigenvalue weighted by Crippen LogP contribution is -2.50. The number of alkyl carbamates (subject to hydrolysis) is 1. The van der Waals surface area contributed by atoms with Crippen LogP contribution in [0.3, 0.4) is 0 Å². The molecule has 1 aliphatic carbocycles. The minimum absolute atomic E-state index is 0.0916. The molecule has 3 aromatic rings. The summed E-state index contributed by atoms with van der Waals surface area (Å²) < 4.78 is 16.8. The molecule has 5 rings (SSSR count). The summed E-state index contributed by atoms with van der Waals surface area (Å²) in [5.41, 5.74) is 3.18. The highest BCUT2D eigenvalue weighted by molar-refractivity contribution is 5.88. The van der Waals surface area contributed by atoms with Crippen LogP contribution < -0.4 is 20.1 Å². The van der Waals surface area contributed by atoms with Crippen LogP contribution in [0.4, 0.5) is 10.7 Å². The summed E-state index contributed by atoms with van der Waals surface area (Å²) in [6, 6.07) is 8.32. The molecule has 9 heteroatoms. The van der Waals surface area contributed by atoms with Gasteiger partial charge in [0.05, 0.1) is 11.2 Å². The van der Waals surface area contributed by atoms with Gasteiger partial charge in [-0.1, -0.05) is 6.07 Å². The molecule has 3 heterocycles. The maximum atomic E-state index is 11.9. The molecule has 0 spiro atoms. The van der Waals surface area contributed by atoms with Gasteiger partial charge in [-0.05, 0) is 64.3 Å². The monoisotopic (exact) mass is 463 g/mol. The zero-order valence-corrected chi connectivity index (χ0v) is 19.8. The zero-order valence-electron chi connectivity index (χ0n) is 19.8. The Morgan fingerprint density at radius 3 is 2.68 bits per heavy atom. The molecular weight excluding hydrogens is 434 g/mol. The second-order valence-corrected chi connectivity index (χ2v) is 9.71. The Kier molecular flexibility index (Phi) is 5.63. The van der Waals surface area contributed by atoms with Crippen molar-refractivity contribution in [2.45, 2.75) is 58.2 Å². The number of rotatable bonds is 4. The third-order valence-electron chi connectivity index (χ3n) is 5.83. The fraction of sp³-hybridized carbons (Fsp3) is 0.440. The smallest absolute Gasteiger partial charge is 0.407 e. The summed E-state index contributed by atoms with van der Waals surface area (Å²) in [5.74, 6) is 1.79. The van der Waals surface area contributed by atoms with E-state index in [0.717, 1.165) is 40.6 Å². The fourth-order valence-corrected chi connectivity index (χ4v) is 4.20. The lowest BCUT2D eigenvalue weighted by atomic mass is 9.87. The predicted octanol–water partition coefficient (Wildman–Crippen LogP) is 4.24. The largest absolute Gasteiger partial charge is 0.484 e. The van der Waals surface area contributed by atoms with Gasteiger partial charge in [0.15, 0.2) is 5.75 Å². The van der Waals surface area contributed by atoms with E-state index >= 15 is 0 Å². The van der Waals surface area contributed by atoms with Crippen LogP contribution in [0.1, 0.15) is 39.3 Å². The SMILES string of the molecule is Cc1nc(N[C@H]2C[C@H](NC(=O)OC(C)(C)C)C2)nc2ccc(-c3ccnc4c3OCCO4)cc12. The first-order chi connectivity index (χ1) is 16.2. The van der Waals surface area contributed by atoms with E-state index in [1.54, 1.807) is 6.20 Å². The van der Waals surface area contributed by atoms with Crippen LogP contribution in [0.25, 0.3) is 22.0 Å². The van der Waals surface area contributed by atoms with Crippen molar-refractivity contribution in [3.63, 3.8) is 0 Å². The van der Waals surface area contributed by atoms with Crippen molar-refractivity contribution >= 4 is 22.9 Å². The molecule has 1 aromatic carbocycles. The lowest BCUT2D eigenvalue weighted by Gasteiger charge is -2.36. The van der Waals surface area contributed by atoms with Gasteiger partial charge < -0.3 is 24.8 Å². The van der Waals surface area contributed by atoms with Crippen LogP contribution in [-0.4, -0.2) is 51.9 Å². The number of hydrogen-bond acceptors (Lipinski definition) is 8. The van der Waals surface area contributed by atoms with Crippen molar-refractivity contribution in [3.8, 4) is 22.8 Å². The number of carbonyl (C=O) groups is 1. The molecule has 2 aliphatic rings. The number of benzene rings is 1. The molecule has 0 unspecified atom stereocenters. The second kappa shape index (κ2) is 8.62. The van der Waals surface area contributed by atoms with Crippen LogP contribution in [0.15, 0.2) is 30.5 Å². The van der Waals surface area contributed by atoms with Gasteiger partial charge in [0.1, 0.15) is 18.8 Å². The molecule has 178 valence electrons. The van der Waals surface area contributed by atoms with Gasteiger partial charge in [0.25, 0.3) is 5.88 Å². The zero-order chi connectivity index (χ0) is 23.9. The number of carbonyl (C=O) groups excluding carboxylic acids is 1. The number of aromatic nitrogens is 3. The van der Waals surface area contributed by atoms with Crippen LogP contribution in [-0.2, 0) is 4.74 Å². The van der Waals surface area contributed by atoms with E-state index in [4.69, 9.17) is 19.2 Å². The maximum absolute atomic E-state index is 11.9. The Morgan fingerprint density at radius 2 is 1.88 bits per heavy atom. The van der Waals surface area contributed by atoms with Gasteiger partial charge >= 0.3 is 6.09 Å². The standard InChI is InChI=1S/C25H29N5O4/c1-14-19-11-15(18-7-8-26-22-21(18)32-9-10-33-22)5-6-20(19)30-23(27-14)28-16-12-17(13-16)29-24(31)34-25(2,3)4/h5-8,11,16-17H,9-10,12-13H2,1-4H3,(H,29,31)(H,27,28,30)/t16-,17-. The summed E-state index contributed by atoms with van der Waals surface area (Å²) in [5, 5.41) is 7.27. The number of nitrogens with zero attached hydrogens (tertiary/aromatic N) is 3. The molecule has 0 atom stereocenters. The molecule has 1 aliphatic heterocycles. The molecule has 1 fully saturated rings. The molecule has 0 saturated heterocycles. The van der Waals surface area contributed by atoms with Crippen LogP contribution in [0.5, 0.6) is 11.6 Å². The lowest BCUT2D eigenvalue weighted by molar-refractivity contribution is 0.0475. The minimum Gasteiger partial charge on any atom is -0.484 e. The van der Waals surface area contributed by atoms with E-state index in [9.17, 15) is 4.79 Å². The molecular formula is C25H29N5O4. The highest BCUT2D eigenvalue weighted by Gasteiger charge is 2.32. The molecule has 2 N–H and O–H groups in total. The summed E-state index contributed by atoms with van der Waals surface area (Å²) in [7, 11) is 0. The molecule has 2 aromatic heterocycles. The molecule has 9 nitrogen and oxygen atoms in total. The molecule has 1 saturated carbocycles. The van der Waals surface area contributed by atoms with E-state index in [0.29, 0.717) is 30.8 Å². The quantitative estimate of drug-likeness (QED) is 0.592. The van der Waals surface area contributed by atoms with Crippen LogP contribution in [0, 0.1) is 6.92 Å². The molecule has 1 amide bonds. The Balaban J connectivity index is 1.28. The predicted molar refractivity (Wildman–Crippen MR) is 128 cm³/mol. The van der Waals surface area contributed by atoms with E-state index in [2.05, 4.69) is 26.7 Å². The maximum Gasteiger partial charge on any atom is 0.407 e. The molecule has 34 heavy (non-hydrogen) atoms. The topological polar surface area (TPSA) is 107 Å². The first-order valence-corrected chi connectivity index (χ1v) is 11.5. The van der Waals surface area contributed by atoms with Crippen molar-refractivity contribution in [2.24, 2.45) is 0 Å². The number of ether oxygens (including phenoxy) is 3. The first-order valence-electron chi connectivity index (χ1n) is 11.5. The number of anilines is 1. The number of pyridine rings is 1. The van der Waals surface area contributed by atoms with Gasteiger partial charge in [0, 0.05) is 29.2 Å².